The van der Waals surface area contributed by atoms with E-state index < -0.39 is 0 Å². The van der Waals surface area contributed by atoms with E-state index in [1.165, 1.54) is 0 Å². The predicted molar refractivity (Wildman–Crippen MR) is 79.2 cm³/mol. The average Bonchev–Trinajstić information content (AvgIpc) is 2.39. The van der Waals surface area contributed by atoms with Gasteiger partial charge in [0.2, 0.25) is 0 Å². The monoisotopic (exact) mass is 298 g/mol. The van der Waals surface area contributed by atoms with Crippen molar-refractivity contribution >= 4 is 38.2 Å². The number of hydrogen-bond donors (Lipinski definition) is 1. The van der Waals surface area contributed by atoms with Gasteiger partial charge in [-0.25, -0.2) is 0 Å². The Morgan fingerprint density at radius 3 is 2.56 bits per heavy atom. The third-order valence-electron chi connectivity index (χ3n) is 2.71. The van der Waals surface area contributed by atoms with Gasteiger partial charge >= 0.3 is 0 Å². The number of pyridine rings is 1. The predicted octanol–water partition coefficient (Wildman–Crippen LogP) is 4.74. The van der Waals surface area contributed by atoms with Gasteiger partial charge in [0.1, 0.15) is 0 Å². The number of halogens is 1. The molecule has 0 saturated carbocycles. The van der Waals surface area contributed by atoms with Crippen molar-refractivity contribution in [1.29, 1.82) is 0 Å². The summed E-state index contributed by atoms with van der Waals surface area (Å²) in [5.41, 5.74) is 3.14. The average molecular weight is 299 g/mol. The van der Waals surface area contributed by atoms with Crippen molar-refractivity contribution < 1.29 is 0 Å². The molecule has 3 heteroatoms. The van der Waals surface area contributed by atoms with Gasteiger partial charge in [-0.05, 0) is 52.3 Å². The number of rotatable bonds is 2. The first-order valence-electron chi connectivity index (χ1n) is 5.69. The lowest BCUT2D eigenvalue weighted by Crippen LogP contribution is -1.90. The Balaban J connectivity index is 1.98. The Bertz CT molecular complexity index is 680. The molecule has 1 aromatic heterocycles. The molecule has 0 aliphatic heterocycles. The minimum Gasteiger partial charge on any atom is -0.356 e. The fraction of sp³-hybridized carbons (Fsp3) is 0. The van der Waals surface area contributed by atoms with Crippen molar-refractivity contribution in [2.45, 2.75) is 0 Å². The Morgan fingerprint density at radius 1 is 0.889 bits per heavy atom. The highest BCUT2D eigenvalue weighted by molar-refractivity contribution is 9.10. The van der Waals surface area contributed by atoms with Crippen LogP contribution in [0.25, 0.3) is 10.9 Å². The fourth-order valence-corrected chi connectivity index (χ4v) is 2.22. The molecule has 2 nitrogen and oxygen atoms in total. The number of para-hydroxylation sites is 1. The molecule has 0 aliphatic carbocycles. The van der Waals surface area contributed by atoms with Crippen LogP contribution in [0.2, 0.25) is 0 Å². The third-order valence-corrected chi connectivity index (χ3v) is 3.14. The number of nitrogens with zero attached hydrogens (tertiary/aromatic N) is 1. The normalized spacial score (nSPS) is 10.5. The second-order valence-corrected chi connectivity index (χ2v) is 4.97. The number of benzene rings is 2. The van der Waals surface area contributed by atoms with Gasteiger partial charge in [0.25, 0.3) is 0 Å². The molecule has 3 rings (SSSR count). The summed E-state index contributed by atoms with van der Waals surface area (Å²) >= 11 is 3.44. The molecule has 0 fully saturated rings. The van der Waals surface area contributed by atoms with Crippen LogP contribution in [-0.2, 0) is 0 Å². The Labute approximate surface area is 114 Å². The lowest BCUT2D eigenvalue weighted by Gasteiger charge is -2.07. The van der Waals surface area contributed by atoms with Crippen molar-refractivity contribution in [3.8, 4) is 0 Å². The van der Waals surface area contributed by atoms with Gasteiger partial charge in [-0.2, -0.15) is 0 Å². The molecular formula is C15H11BrN2. The van der Waals surface area contributed by atoms with Crippen LogP contribution in [0.1, 0.15) is 0 Å². The summed E-state index contributed by atoms with van der Waals surface area (Å²) in [6.45, 7) is 0. The summed E-state index contributed by atoms with van der Waals surface area (Å²) in [6.07, 6.45) is 1.81. The quantitative estimate of drug-likeness (QED) is 0.739. The molecule has 0 atom stereocenters. The number of nitrogens with one attached hydrogen (secondary N) is 1. The van der Waals surface area contributed by atoms with Crippen molar-refractivity contribution in [2.75, 3.05) is 5.32 Å². The molecule has 18 heavy (non-hydrogen) atoms. The number of anilines is 2. The van der Waals surface area contributed by atoms with Crippen LogP contribution in [-0.4, -0.2) is 4.98 Å². The zero-order chi connectivity index (χ0) is 12.4. The zero-order valence-electron chi connectivity index (χ0n) is 9.60. The van der Waals surface area contributed by atoms with Gasteiger partial charge in [-0.1, -0.05) is 18.2 Å². The smallest absolute Gasteiger partial charge is 0.0704 e. The van der Waals surface area contributed by atoms with Crippen molar-refractivity contribution in [1.82, 2.24) is 4.98 Å². The zero-order valence-corrected chi connectivity index (χ0v) is 11.2. The van der Waals surface area contributed by atoms with Crippen molar-refractivity contribution in [3.05, 3.63) is 65.3 Å². The number of aromatic nitrogens is 1. The Kier molecular flexibility index (Phi) is 2.99. The molecular weight excluding hydrogens is 288 g/mol. The van der Waals surface area contributed by atoms with Crippen LogP contribution in [0.3, 0.4) is 0 Å². The molecule has 0 saturated heterocycles. The first-order valence-corrected chi connectivity index (χ1v) is 6.48. The first kappa shape index (κ1) is 11.2. The highest BCUT2D eigenvalue weighted by Gasteiger charge is 1.99. The second kappa shape index (κ2) is 4.78. The van der Waals surface area contributed by atoms with E-state index in [2.05, 4.69) is 38.4 Å². The van der Waals surface area contributed by atoms with Gasteiger partial charge in [-0.3, -0.25) is 4.98 Å². The standard InChI is InChI=1S/C15H11BrN2/c16-12-8-11-9-14(6-7-15(11)17-10-12)18-13-4-2-1-3-5-13/h1-10,18H. The lowest BCUT2D eigenvalue weighted by atomic mass is 10.2. The second-order valence-electron chi connectivity index (χ2n) is 4.05. The van der Waals surface area contributed by atoms with E-state index in [1.807, 2.05) is 48.7 Å². The van der Waals surface area contributed by atoms with Gasteiger partial charge in [0.15, 0.2) is 0 Å². The maximum Gasteiger partial charge on any atom is 0.0704 e. The molecule has 88 valence electrons. The summed E-state index contributed by atoms with van der Waals surface area (Å²) in [5.74, 6) is 0. The largest absolute Gasteiger partial charge is 0.356 e. The van der Waals surface area contributed by atoms with Crippen molar-refractivity contribution in [2.24, 2.45) is 0 Å². The number of hydrogen-bond acceptors (Lipinski definition) is 2. The SMILES string of the molecule is Brc1cnc2ccc(Nc3ccccc3)cc2c1. The van der Waals surface area contributed by atoms with E-state index in [-0.39, 0.29) is 0 Å². The lowest BCUT2D eigenvalue weighted by molar-refractivity contribution is 1.39. The molecule has 1 heterocycles. The molecule has 0 unspecified atom stereocenters. The molecule has 3 aromatic rings. The van der Waals surface area contributed by atoms with Gasteiger partial charge in [-0.15, -0.1) is 0 Å². The summed E-state index contributed by atoms with van der Waals surface area (Å²) in [6, 6.07) is 18.4. The minimum absolute atomic E-state index is 0.992. The molecule has 0 bridgehead atoms. The topological polar surface area (TPSA) is 24.9 Å². The molecule has 0 aliphatic rings. The highest BCUT2D eigenvalue weighted by Crippen LogP contribution is 2.23. The summed E-state index contributed by atoms with van der Waals surface area (Å²) < 4.78 is 0.992. The van der Waals surface area contributed by atoms with Crippen LogP contribution in [0.4, 0.5) is 11.4 Å². The van der Waals surface area contributed by atoms with E-state index >= 15 is 0 Å². The van der Waals surface area contributed by atoms with Gasteiger partial charge in [0.05, 0.1) is 5.52 Å². The first-order chi connectivity index (χ1) is 8.81. The van der Waals surface area contributed by atoms with Crippen LogP contribution < -0.4 is 5.32 Å². The van der Waals surface area contributed by atoms with Crippen LogP contribution in [0.15, 0.2) is 65.3 Å². The molecule has 0 amide bonds. The van der Waals surface area contributed by atoms with Crippen LogP contribution in [0, 0.1) is 0 Å². The maximum atomic E-state index is 4.35. The summed E-state index contributed by atoms with van der Waals surface area (Å²) in [7, 11) is 0. The van der Waals surface area contributed by atoms with E-state index in [1.54, 1.807) is 0 Å². The minimum atomic E-state index is 0.992. The molecule has 1 N–H and O–H groups in total. The number of fused-ring (bicyclic) bond motifs is 1. The molecule has 0 radical (unpaired) electrons. The molecule has 2 aromatic carbocycles. The molecule has 0 spiro atoms. The van der Waals surface area contributed by atoms with Gasteiger partial charge in [0, 0.05) is 27.4 Å². The van der Waals surface area contributed by atoms with E-state index in [0.29, 0.717) is 0 Å². The van der Waals surface area contributed by atoms with Crippen LogP contribution in [0.5, 0.6) is 0 Å². The Hall–Kier alpha value is -1.87. The van der Waals surface area contributed by atoms with E-state index in [9.17, 15) is 0 Å². The van der Waals surface area contributed by atoms with E-state index in [0.717, 1.165) is 26.8 Å². The summed E-state index contributed by atoms with van der Waals surface area (Å²) in [5, 5.41) is 4.49. The third kappa shape index (κ3) is 2.36. The fourth-order valence-electron chi connectivity index (χ4n) is 1.87. The maximum absolute atomic E-state index is 4.35. The summed E-state index contributed by atoms with van der Waals surface area (Å²) in [4.78, 5) is 4.35. The van der Waals surface area contributed by atoms with Gasteiger partial charge < -0.3 is 5.32 Å². The highest BCUT2D eigenvalue weighted by atomic mass is 79.9. The van der Waals surface area contributed by atoms with Crippen LogP contribution >= 0.6 is 15.9 Å². The van der Waals surface area contributed by atoms with Crippen molar-refractivity contribution in [3.63, 3.8) is 0 Å². The van der Waals surface area contributed by atoms with E-state index in [4.69, 9.17) is 0 Å². The Morgan fingerprint density at radius 2 is 1.72 bits per heavy atom.